The van der Waals surface area contributed by atoms with Gasteiger partial charge in [0.1, 0.15) is 19.3 Å². The molecule has 1 atom stereocenters. The number of likely N-dealkylation sites (tertiary alicyclic amines) is 1. The van der Waals surface area contributed by atoms with E-state index in [9.17, 15) is 18.0 Å². The molecule has 1 unspecified atom stereocenters. The van der Waals surface area contributed by atoms with Crippen molar-refractivity contribution in [1.82, 2.24) is 9.21 Å². The lowest BCUT2D eigenvalue weighted by Crippen LogP contribution is -2.50. The van der Waals surface area contributed by atoms with Gasteiger partial charge in [0.15, 0.2) is 11.5 Å². The predicted octanol–water partition coefficient (Wildman–Crippen LogP) is 1.41. The van der Waals surface area contributed by atoms with Crippen molar-refractivity contribution in [2.45, 2.75) is 43.5 Å². The maximum atomic E-state index is 13.3. The largest absolute Gasteiger partial charge is 0.486 e. The Kier molecular flexibility index (Phi) is 6.38. The Hall–Kier alpha value is -2.33. The number of carbonyl (C=O) groups is 2. The Bertz CT molecular complexity index is 941. The van der Waals surface area contributed by atoms with Crippen LogP contribution in [0.15, 0.2) is 23.1 Å². The Labute approximate surface area is 182 Å². The van der Waals surface area contributed by atoms with E-state index in [1.807, 2.05) is 0 Å². The summed E-state index contributed by atoms with van der Waals surface area (Å²) in [7, 11) is -3.86. The summed E-state index contributed by atoms with van der Waals surface area (Å²) in [5.41, 5.74) is 0. The molecule has 1 amide bonds. The van der Waals surface area contributed by atoms with Crippen LogP contribution in [0.3, 0.4) is 0 Å². The van der Waals surface area contributed by atoms with Gasteiger partial charge in [-0.2, -0.15) is 4.31 Å². The van der Waals surface area contributed by atoms with Gasteiger partial charge in [-0.1, -0.05) is 0 Å². The SMILES string of the molecule is CCOC(=O)C1CCN(C(=O)C2CCCN2S(=O)(=O)c2ccc3c(c2)OCCO3)CC1. The monoisotopic (exact) mass is 452 g/mol. The molecule has 0 aromatic heterocycles. The second kappa shape index (κ2) is 9.04. The highest BCUT2D eigenvalue weighted by Crippen LogP contribution is 2.35. The average molecular weight is 453 g/mol. The lowest BCUT2D eigenvalue weighted by Gasteiger charge is -2.34. The van der Waals surface area contributed by atoms with E-state index in [0.717, 1.165) is 0 Å². The topological polar surface area (TPSA) is 102 Å². The minimum Gasteiger partial charge on any atom is -0.486 e. The van der Waals surface area contributed by atoms with Crippen molar-refractivity contribution in [3.05, 3.63) is 18.2 Å². The lowest BCUT2D eigenvalue weighted by atomic mass is 9.96. The van der Waals surface area contributed by atoms with Crippen LogP contribution < -0.4 is 9.47 Å². The lowest BCUT2D eigenvalue weighted by molar-refractivity contribution is -0.151. The van der Waals surface area contributed by atoms with Crippen LogP contribution in [0.4, 0.5) is 0 Å². The van der Waals surface area contributed by atoms with Gasteiger partial charge in [0, 0.05) is 25.7 Å². The normalized spacial score (nSPS) is 22.4. The van der Waals surface area contributed by atoms with Crippen molar-refractivity contribution in [1.29, 1.82) is 0 Å². The van der Waals surface area contributed by atoms with E-state index >= 15 is 0 Å². The van der Waals surface area contributed by atoms with Gasteiger partial charge in [-0.15, -0.1) is 0 Å². The van der Waals surface area contributed by atoms with Crippen LogP contribution in [0.5, 0.6) is 11.5 Å². The smallest absolute Gasteiger partial charge is 0.309 e. The zero-order valence-electron chi connectivity index (χ0n) is 17.6. The number of carbonyl (C=O) groups excluding carboxylic acids is 2. The fourth-order valence-electron chi connectivity index (χ4n) is 4.40. The molecule has 1 aromatic carbocycles. The number of sulfonamides is 1. The molecule has 3 aliphatic heterocycles. The second-order valence-corrected chi connectivity index (χ2v) is 9.82. The van der Waals surface area contributed by atoms with E-state index in [0.29, 0.717) is 76.6 Å². The Morgan fingerprint density at radius 1 is 1.06 bits per heavy atom. The highest BCUT2D eigenvalue weighted by atomic mass is 32.2. The van der Waals surface area contributed by atoms with Crippen molar-refractivity contribution in [3.8, 4) is 11.5 Å². The summed E-state index contributed by atoms with van der Waals surface area (Å²) in [5, 5.41) is 0. The molecule has 9 nitrogen and oxygen atoms in total. The van der Waals surface area contributed by atoms with Gasteiger partial charge in [0.25, 0.3) is 0 Å². The van der Waals surface area contributed by atoms with Crippen LogP contribution in [0, 0.1) is 5.92 Å². The first-order chi connectivity index (χ1) is 14.9. The van der Waals surface area contributed by atoms with Gasteiger partial charge >= 0.3 is 5.97 Å². The molecule has 31 heavy (non-hydrogen) atoms. The van der Waals surface area contributed by atoms with Crippen molar-refractivity contribution >= 4 is 21.9 Å². The van der Waals surface area contributed by atoms with E-state index < -0.39 is 16.1 Å². The van der Waals surface area contributed by atoms with Gasteiger partial charge < -0.3 is 19.1 Å². The van der Waals surface area contributed by atoms with Crippen LogP contribution in [0.2, 0.25) is 0 Å². The van der Waals surface area contributed by atoms with Crippen LogP contribution in [-0.2, 0) is 24.3 Å². The first kappa shape index (κ1) is 21.9. The third kappa shape index (κ3) is 4.36. The summed E-state index contributed by atoms with van der Waals surface area (Å²) >= 11 is 0. The van der Waals surface area contributed by atoms with Crippen molar-refractivity contribution in [2.24, 2.45) is 5.92 Å². The average Bonchev–Trinajstić information content (AvgIpc) is 3.29. The molecular formula is C21H28N2O7S. The quantitative estimate of drug-likeness (QED) is 0.623. The first-order valence-electron chi connectivity index (χ1n) is 10.8. The molecule has 3 heterocycles. The third-order valence-electron chi connectivity index (χ3n) is 6.04. The van der Waals surface area contributed by atoms with E-state index in [-0.39, 0.29) is 22.7 Å². The molecule has 0 bridgehead atoms. The minimum absolute atomic E-state index is 0.0949. The summed E-state index contributed by atoms with van der Waals surface area (Å²) in [4.78, 5) is 26.9. The summed E-state index contributed by atoms with van der Waals surface area (Å²) in [6.07, 6.45) is 2.18. The molecular weight excluding hydrogens is 424 g/mol. The number of rotatable bonds is 5. The minimum atomic E-state index is -3.86. The molecule has 0 aliphatic carbocycles. The number of fused-ring (bicyclic) bond motifs is 1. The number of ether oxygens (including phenoxy) is 3. The van der Waals surface area contributed by atoms with E-state index in [4.69, 9.17) is 14.2 Å². The number of amides is 1. The van der Waals surface area contributed by atoms with Crippen molar-refractivity contribution in [3.63, 3.8) is 0 Å². The fraction of sp³-hybridized carbons (Fsp3) is 0.619. The third-order valence-corrected chi connectivity index (χ3v) is 7.94. The van der Waals surface area contributed by atoms with Gasteiger partial charge in [-0.05, 0) is 44.7 Å². The summed E-state index contributed by atoms with van der Waals surface area (Å²) < 4.78 is 44.0. The number of nitrogens with zero attached hydrogens (tertiary/aromatic N) is 2. The van der Waals surface area contributed by atoms with Crippen molar-refractivity contribution < 1.29 is 32.2 Å². The number of esters is 1. The van der Waals surface area contributed by atoms with E-state index in [1.54, 1.807) is 17.9 Å². The molecule has 2 fully saturated rings. The van der Waals surface area contributed by atoms with Gasteiger partial charge in [-0.25, -0.2) is 8.42 Å². The summed E-state index contributed by atoms with van der Waals surface area (Å²) in [6.45, 7) is 4.05. The maximum absolute atomic E-state index is 13.3. The Morgan fingerprint density at radius 2 is 1.77 bits per heavy atom. The van der Waals surface area contributed by atoms with Crippen LogP contribution in [0.25, 0.3) is 0 Å². The van der Waals surface area contributed by atoms with E-state index in [1.165, 1.54) is 16.4 Å². The number of benzene rings is 1. The zero-order chi connectivity index (χ0) is 22.0. The van der Waals surface area contributed by atoms with Crippen LogP contribution >= 0.6 is 0 Å². The standard InChI is InChI=1S/C21H28N2O7S/c1-2-28-21(25)15-7-10-22(11-8-15)20(24)17-4-3-9-23(17)31(26,27)16-5-6-18-19(14-16)30-13-12-29-18/h5-6,14-15,17H,2-4,7-13H2,1H3. The van der Waals surface area contributed by atoms with Crippen LogP contribution in [-0.4, -0.2) is 75.0 Å². The molecule has 4 rings (SSSR count). The zero-order valence-corrected chi connectivity index (χ0v) is 18.4. The molecule has 0 radical (unpaired) electrons. The molecule has 3 aliphatic rings. The Morgan fingerprint density at radius 3 is 2.48 bits per heavy atom. The van der Waals surface area contributed by atoms with Gasteiger partial charge in [-0.3, -0.25) is 9.59 Å². The maximum Gasteiger partial charge on any atom is 0.309 e. The molecule has 2 saturated heterocycles. The molecule has 10 heteroatoms. The fourth-order valence-corrected chi connectivity index (χ4v) is 6.07. The van der Waals surface area contributed by atoms with Crippen molar-refractivity contribution in [2.75, 3.05) is 39.5 Å². The predicted molar refractivity (Wildman–Crippen MR) is 110 cm³/mol. The molecule has 0 saturated carbocycles. The Balaban J connectivity index is 1.46. The highest BCUT2D eigenvalue weighted by molar-refractivity contribution is 7.89. The number of hydrogen-bond acceptors (Lipinski definition) is 7. The summed E-state index contributed by atoms with van der Waals surface area (Å²) in [6, 6.07) is 3.83. The van der Waals surface area contributed by atoms with Gasteiger partial charge in [0.2, 0.25) is 15.9 Å². The van der Waals surface area contributed by atoms with Crippen LogP contribution in [0.1, 0.15) is 32.6 Å². The molecule has 170 valence electrons. The first-order valence-corrected chi connectivity index (χ1v) is 12.2. The molecule has 1 aromatic rings. The highest BCUT2D eigenvalue weighted by Gasteiger charge is 2.42. The number of hydrogen-bond donors (Lipinski definition) is 0. The second-order valence-electron chi connectivity index (χ2n) is 7.93. The summed E-state index contributed by atoms with van der Waals surface area (Å²) in [5.74, 6) is 0.295. The number of piperidine rings is 1. The molecule has 0 spiro atoms. The van der Waals surface area contributed by atoms with Gasteiger partial charge in [0.05, 0.1) is 17.4 Å². The molecule has 0 N–H and O–H groups in total. The van der Waals surface area contributed by atoms with E-state index in [2.05, 4.69) is 0 Å².